The van der Waals surface area contributed by atoms with Crippen molar-refractivity contribution in [3.63, 3.8) is 0 Å². The molecule has 0 aliphatic carbocycles. The first-order valence-corrected chi connectivity index (χ1v) is 7.80. The van der Waals surface area contributed by atoms with E-state index in [1.165, 1.54) is 12.8 Å². The standard InChI is InChI=1S/C16H21N3O3/c1-2-12(19-7-3-4-8-19)11-17-16(20)13-10-15(22-18-13)14-6-5-9-21-14/h5-6,9-10,12H,2-4,7-8,11H2,1H3,(H,17,20)/t12-/m0/s1. The molecule has 1 atom stereocenters. The third-order valence-corrected chi connectivity index (χ3v) is 4.13. The Bertz CT molecular complexity index is 600. The Morgan fingerprint density at radius 3 is 2.91 bits per heavy atom. The lowest BCUT2D eigenvalue weighted by Gasteiger charge is -2.26. The van der Waals surface area contributed by atoms with Crippen LogP contribution in [0.2, 0.25) is 0 Å². The molecule has 1 N–H and O–H groups in total. The van der Waals surface area contributed by atoms with Gasteiger partial charge < -0.3 is 14.3 Å². The van der Waals surface area contributed by atoms with Crippen molar-refractivity contribution in [2.75, 3.05) is 19.6 Å². The molecule has 0 aromatic carbocycles. The second-order valence-electron chi connectivity index (χ2n) is 5.57. The molecule has 3 heterocycles. The van der Waals surface area contributed by atoms with Gasteiger partial charge in [-0.1, -0.05) is 12.1 Å². The average Bonchev–Trinajstić information content (AvgIpc) is 3.27. The van der Waals surface area contributed by atoms with Crippen LogP contribution in [0.1, 0.15) is 36.7 Å². The van der Waals surface area contributed by atoms with Gasteiger partial charge in [0.15, 0.2) is 11.5 Å². The van der Waals surface area contributed by atoms with Gasteiger partial charge in [0, 0.05) is 18.7 Å². The molecular weight excluding hydrogens is 282 g/mol. The van der Waals surface area contributed by atoms with E-state index in [2.05, 4.69) is 22.3 Å². The first-order chi connectivity index (χ1) is 10.8. The lowest BCUT2D eigenvalue weighted by Crippen LogP contribution is -2.42. The van der Waals surface area contributed by atoms with Crippen LogP contribution in [0.4, 0.5) is 0 Å². The number of furan rings is 1. The van der Waals surface area contributed by atoms with Gasteiger partial charge in [0.25, 0.3) is 5.91 Å². The van der Waals surface area contributed by atoms with E-state index in [4.69, 9.17) is 8.94 Å². The predicted octanol–water partition coefficient (Wildman–Crippen LogP) is 2.54. The number of nitrogens with zero attached hydrogens (tertiary/aromatic N) is 2. The lowest BCUT2D eigenvalue weighted by molar-refractivity contribution is 0.0928. The van der Waals surface area contributed by atoms with E-state index in [9.17, 15) is 4.79 Å². The van der Waals surface area contributed by atoms with Crippen LogP contribution in [0.15, 0.2) is 33.4 Å². The Balaban J connectivity index is 1.57. The molecule has 0 bridgehead atoms. The van der Waals surface area contributed by atoms with Gasteiger partial charge in [-0.25, -0.2) is 0 Å². The Hall–Kier alpha value is -2.08. The molecule has 3 rings (SSSR count). The van der Waals surface area contributed by atoms with Gasteiger partial charge >= 0.3 is 0 Å². The molecule has 6 nitrogen and oxygen atoms in total. The molecule has 118 valence electrons. The van der Waals surface area contributed by atoms with Gasteiger partial charge in [-0.2, -0.15) is 0 Å². The number of aromatic nitrogens is 1. The highest BCUT2D eigenvalue weighted by Gasteiger charge is 2.22. The maximum absolute atomic E-state index is 12.2. The van der Waals surface area contributed by atoms with Gasteiger partial charge in [0.2, 0.25) is 5.76 Å². The molecule has 1 saturated heterocycles. The van der Waals surface area contributed by atoms with Crippen LogP contribution in [-0.4, -0.2) is 41.6 Å². The van der Waals surface area contributed by atoms with E-state index in [1.54, 1.807) is 24.5 Å². The molecule has 0 unspecified atom stereocenters. The molecule has 1 aliphatic rings. The van der Waals surface area contributed by atoms with E-state index in [-0.39, 0.29) is 11.6 Å². The van der Waals surface area contributed by atoms with Crippen molar-refractivity contribution in [1.82, 2.24) is 15.4 Å². The zero-order chi connectivity index (χ0) is 15.4. The summed E-state index contributed by atoms with van der Waals surface area (Å²) in [5.74, 6) is 0.816. The van der Waals surface area contributed by atoms with Crippen LogP contribution in [0.25, 0.3) is 11.5 Å². The van der Waals surface area contributed by atoms with Crippen molar-refractivity contribution in [2.45, 2.75) is 32.2 Å². The molecule has 6 heteroatoms. The molecule has 1 fully saturated rings. The van der Waals surface area contributed by atoms with E-state index < -0.39 is 0 Å². The van der Waals surface area contributed by atoms with Crippen LogP contribution in [-0.2, 0) is 0 Å². The maximum atomic E-state index is 12.2. The molecular formula is C16H21N3O3. The van der Waals surface area contributed by atoms with E-state index >= 15 is 0 Å². The molecule has 0 saturated carbocycles. The molecule has 1 aliphatic heterocycles. The Morgan fingerprint density at radius 2 is 2.23 bits per heavy atom. The first kappa shape index (κ1) is 14.8. The SMILES string of the molecule is CC[C@@H](CNC(=O)c1cc(-c2ccco2)on1)N1CCCC1. The second-order valence-corrected chi connectivity index (χ2v) is 5.57. The van der Waals surface area contributed by atoms with Crippen LogP contribution in [0.5, 0.6) is 0 Å². The highest BCUT2D eigenvalue weighted by molar-refractivity contribution is 5.92. The number of nitrogens with one attached hydrogen (secondary N) is 1. The molecule has 22 heavy (non-hydrogen) atoms. The summed E-state index contributed by atoms with van der Waals surface area (Å²) in [4.78, 5) is 14.6. The van der Waals surface area contributed by atoms with Crippen molar-refractivity contribution in [1.29, 1.82) is 0 Å². The summed E-state index contributed by atoms with van der Waals surface area (Å²) in [6.07, 6.45) is 5.08. The number of rotatable bonds is 6. The minimum Gasteiger partial charge on any atom is -0.461 e. The van der Waals surface area contributed by atoms with E-state index in [1.807, 2.05) is 0 Å². The fourth-order valence-corrected chi connectivity index (χ4v) is 2.86. The topological polar surface area (TPSA) is 71.5 Å². The van der Waals surface area contributed by atoms with Gasteiger partial charge in [-0.15, -0.1) is 0 Å². The zero-order valence-corrected chi connectivity index (χ0v) is 12.7. The molecule has 0 radical (unpaired) electrons. The smallest absolute Gasteiger partial charge is 0.273 e. The minimum atomic E-state index is -0.209. The third kappa shape index (κ3) is 3.22. The maximum Gasteiger partial charge on any atom is 0.273 e. The first-order valence-electron chi connectivity index (χ1n) is 7.80. The van der Waals surface area contributed by atoms with Crippen molar-refractivity contribution in [3.05, 3.63) is 30.2 Å². The highest BCUT2D eigenvalue weighted by Crippen LogP contribution is 2.20. The molecule has 1 amide bonds. The summed E-state index contributed by atoms with van der Waals surface area (Å²) in [5.41, 5.74) is 0.280. The van der Waals surface area contributed by atoms with Crippen LogP contribution >= 0.6 is 0 Å². The highest BCUT2D eigenvalue weighted by atomic mass is 16.5. The van der Waals surface area contributed by atoms with Crippen LogP contribution < -0.4 is 5.32 Å². The van der Waals surface area contributed by atoms with Gasteiger partial charge in [0.1, 0.15) is 0 Å². The van der Waals surface area contributed by atoms with Crippen molar-refractivity contribution < 1.29 is 13.7 Å². The zero-order valence-electron chi connectivity index (χ0n) is 12.7. The number of carbonyl (C=O) groups excluding carboxylic acids is 1. The predicted molar refractivity (Wildman–Crippen MR) is 81.4 cm³/mol. The third-order valence-electron chi connectivity index (χ3n) is 4.13. The second kappa shape index (κ2) is 6.79. The normalized spacial score (nSPS) is 16.8. The fraction of sp³-hybridized carbons (Fsp3) is 0.500. The summed E-state index contributed by atoms with van der Waals surface area (Å²) < 4.78 is 10.4. The molecule has 2 aromatic heterocycles. The molecule has 0 spiro atoms. The minimum absolute atomic E-state index is 0.209. The van der Waals surface area contributed by atoms with E-state index in [0.717, 1.165) is 19.5 Å². The van der Waals surface area contributed by atoms with Gasteiger partial charge in [0.05, 0.1) is 6.26 Å². The number of amides is 1. The number of hydrogen-bond acceptors (Lipinski definition) is 5. The molecule has 2 aromatic rings. The van der Waals surface area contributed by atoms with Crippen LogP contribution in [0, 0.1) is 0 Å². The van der Waals surface area contributed by atoms with Crippen molar-refractivity contribution in [2.24, 2.45) is 0 Å². The summed E-state index contributed by atoms with van der Waals surface area (Å²) in [5, 5.41) is 6.76. The Kier molecular flexibility index (Phi) is 4.58. The summed E-state index contributed by atoms with van der Waals surface area (Å²) in [6.45, 7) is 5.04. The number of carbonyl (C=O) groups is 1. The van der Waals surface area contributed by atoms with Crippen molar-refractivity contribution in [3.8, 4) is 11.5 Å². The summed E-state index contributed by atoms with van der Waals surface area (Å²) in [7, 11) is 0. The number of likely N-dealkylation sites (tertiary alicyclic amines) is 1. The quantitative estimate of drug-likeness (QED) is 0.888. The number of hydrogen-bond donors (Lipinski definition) is 1. The van der Waals surface area contributed by atoms with Crippen molar-refractivity contribution >= 4 is 5.91 Å². The lowest BCUT2D eigenvalue weighted by atomic mass is 10.2. The summed E-state index contributed by atoms with van der Waals surface area (Å²) in [6, 6.07) is 5.52. The summed E-state index contributed by atoms with van der Waals surface area (Å²) >= 11 is 0. The monoisotopic (exact) mass is 303 g/mol. The Labute approximate surface area is 129 Å². The largest absolute Gasteiger partial charge is 0.461 e. The fourth-order valence-electron chi connectivity index (χ4n) is 2.86. The van der Waals surface area contributed by atoms with Gasteiger partial charge in [-0.05, 0) is 44.5 Å². The average molecular weight is 303 g/mol. The van der Waals surface area contributed by atoms with E-state index in [0.29, 0.717) is 24.1 Å². The van der Waals surface area contributed by atoms with Gasteiger partial charge in [-0.3, -0.25) is 9.69 Å². The Morgan fingerprint density at radius 1 is 1.41 bits per heavy atom. The van der Waals surface area contributed by atoms with Crippen LogP contribution in [0.3, 0.4) is 0 Å².